The number of benzene rings is 1. The highest BCUT2D eigenvalue weighted by molar-refractivity contribution is 7.99. The molecule has 1 aromatic carbocycles. The lowest BCUT2D eigenvalue weighted by molar-refractivity contribution is -0.114. The molecule has 10 heteroatoms. The second-order valence-electron chi connectivity index (χ2n) is 6.90. The van der Waals surface area contributed by atoms with Crippen LogP contribution in [0.15, 0.2) is 34.2 Å². The Morgan fingerprint density at radius 1 is 1.16 bits per heavy atom. The normalized spacial score (nSPS) is 11.0. The molecule has 164 valence electrons. The molecule has 0 aliphatic heterocycles. The molecule has 2 aromatic heterocycles. The Balaban J connectivity index is 1.75. The van der Waals surface area contributed by atoms with Crippen LogP contribution in [0.2, 0.25) is 0 Å². The number of fused-ring (bicyclic) bond motifs is 1. The first kappa shape index (κ1) is 23.0. The van der Waals surface area contributed by atoms with E-state index in [1.165, 1.54) is 30.0 Å². The van der Waals surface area contributed by atoms with Crippen molar-refractivity contribution in [2.24, 2.45) is 0 Å². The predicted octanol–water partition coefficient (Wildman–Crippen LogP) is 3.41. The quantitative estimate of drug-likeness (QED) is 0.395. The Kier molecular flexibility index (Phi) is 7.47. The Hall–Kier alpha value is -2.69. The number of hydrogen-bond donors (Lipinski definition) is 2. The van der Waals surface area contributed by atoms with E-state index in [2.05, 4.69) is 15.6 Å². The number of nitrogens with one attached hydrogen (secondary N) is 2. The van der Waals surface area contributed by atoms with Gasteiger partial charge < -0.3 is 15.4 Å². The smallest absolute Gasteiger partial charge is 0.263 e. The van der Waals surface area contributed by atoms with E-state index >= 15 is 0 Å². The van der Waals surface area contributed by atoms with E-state index in [-0.39, 0.29) is 23.1 Å². The van der Waals surface area contributed by atoms with Crippen molar-refractivity contribution < 1.29 is 14.3 Å². The molecule has 31 heavy (non-hydrogen) atoms. The summed E-state index contributed by atoms with van der Waals surface area (Å²) in [6, 6.07) is 6.85. The third-order valence-corrected chi connectivity index (χ3v) is 6.67. The molecular formula is C21H24N4O4S2. The number of thioether (sulfide) groups is 1. The molecule has 0 atom stereocenters. The van der Waals surface area contributed by atoms with Crippen molar-refractivity contribution in [3.05, 3.63) is 45.1 Å². The van der Waals surface area contributed by atoms with Gasteiger partial charge in [0.25, 0.3) is 5.56 Å². The first-order valence-corrected chi connectivity index (χ1v) is 11.4. The van der Waals surface area contributed by atoms with Crippen molar-refractivity contribution in [1.82, 2.24) is 9.55 Å². The lowest BCUT2D eigenvalue weighted by Gasteiger charge is -2.12. The second kappa shape index (κ2) is 10.1. The Bertz CT molecular complexity index is 1170. The number of anilines is 2. The van der Waals surface area contributed by atoms with Crippen LogP contribution < -0.4 is 16.2 Å². The van der Waals surface area contributed by atoms with Crippen molar-refractivity contribution in [2.45, 2.75) is 32.5 Å². The number of carbonyl (C=O) groups is 2. The van der Waals surface area contributed by atoms with Gasteiger partial charge in [-0.15, -0.1) is 11.3 Å². The molecule has 0 bridgehead atoms. The van der Waals surface area contributed by atoms with Gasteiger partial charge >= 0.3 is 0 Å². The number of aromatic nitrogens is 2. The van der Waals surface area contributed by atoms with Crippen LogP contribution in [0.1, 0.15) is 17.4 Å². The van der Waals surface area contributed by atoms with Crippen molar-refractivity contribution in [1.29, 1.82) is 0 Å². The van der Waals surface area contributed by atoms with Gasteiger partial charge in [-0.25, -0.2) is 4.98 Å². The van der Waals surface area contributed by atoms with Gasteiger partial charge in [0.05, 0.1) is 24.3 Å². The molecule has 3 rings (SSSR count). The molecule has 3 aromatic rings. The summed E-state index contributed by atoms with van der Waals surface area (Å²) in [5.41, 5.74) is 2.10. The molecule has 0 aliphatic carbocycles. The number of carbonyl (C=O) groups excluding carboxylic acids is 2. The second-order valence-corrected chi connectivity index (χ2v) is 9.05. The number of aryl methyl sites for hydroxylation is 2. The van der Waals surface area contributed by atoms with Crippen LogP contribution in [0.5, 0.6) is 0 Å². The van der Waals surface area contributed by atoms with Gasteiger partial charge in [-0.3, -0.25) is 19.0 Å². The summed E-state index contributed by atoms with van der Waals surface area (Å²) in [6.45, 7) is 6.06. The first-order chi connectivity index (χ1) is 14.8. The summed E-state index contributed by atoms with van der Waals surface area (Å²) >= 11 is 2.70. The summed E-state index contributed by atoms with van der Waals surface area (Å²) in [5, 5.41) is 6.61. The summed E-state index contributed by atoms with van der Waals surface area (Å²) in [5.74, 6) is -0.279. The zero-order valence-electron chi connectivity index (χ0n) is 17.8. The lowest BCUT2D eigenvalue weighted by atomic mass is 10.2. The molecule has 2 amide bonds. The first-order valence-electron chi connectivity index (χ1n) is 9.60. The largest absolute Gasteiger partial charge is 0.383 e. The zero-order chi connectivity index (χ0) is 22.5. The van der Waals surface area contributed by atoms with Gasteiger partial charge in [-0.2, -0.15) is 0 Å². The predicted molar refractivity (Wildman–Crippen MR) is 125 cm³/mol. The number of rotatable bonds is 8. The monoisotopic (exact) mass is 460 g/mol. The highest BCUT2D eigenvalue weighted by Crippen LogP contribution is 2.28. The third kappa shape index (κ3) is 5.52. The van der Waals surface area contributed by atoms with Crippen LogP contribution in [0.25, 0.3) is 10.2 Å². The van der Waals surface area contributed by atoms with E-state index in [0.29, 0.717) is 39.9 Å². The Labute approximate surface area is 188 Å². The molecular weight excluding hydrogens is 436 g/mol. The van der Waals surface area contributed by atoms with Gasteiger partial charge in [0.2, 0.25) is 11.8 Å². The summed E-state index contributed by atoms with van der Waals surface area (Å²) < 4.78 is 6.72. The highest BCUT2D eigenvalue weighted by Gasteiger charge is 2.17. The minimum absolute atomic E-state index is 0.0989. The molecule has 0 aliphatic rings. The summed E-state index contributed by atoms with van der Waals surface area (Å²) in [7, 11) is 1.58. The van der Waals surface area contributed by atoms with Gasteiger partial charge in [0.15, 0.2) is 5.16 Å². The standard InChI is InChI=1S/C21H24N4O4S2/c1-12-13(2)31-19-18(12)20(28)25(9-10-29-4)21(24-19)30-11-17(27)23-16-7-5-15(6-8-16)22-14(3)26/h5-8H,9-11H2,1-4H3,(H,22,26)(H,23,27). The van der Waals surface area contributed by atoms with Crippen LogP contribution in [0, 0.1) is 13.8 Å². The van der Waals surface area contributed by atoms with Crippen molar-refractivity contribution in [3.63, 3.8) is 0 Å². The van der Waals surface area contributed by atoms with Crippen LogP contribution in [0.3, 0.4) is 0 Å². The van der Waals surface area contributed by atoms with E-state index < -0.39 is 0 Å². The number of amides is 2. The Morgan fingerprint density at radius 3 is 2.42 bits per heavy atom. The number of ether oxygens (including phenoxy) is 1. The maximum Gasteiger partial charge on any atom is 0.263 e. The fourth-order valence-electron chi connectivity index (χ4n) is 2.97. The fourth-order valence-corrected chi connectivity index (χ4v) is 4.86. The number of thiophene rings is 1. The van der Waals surface area contributed by atoms with Crippen molar-refractivity contribution in [2.75, 3.05) is 30.1 Å². The number of nitrogens with zero attached hydrogens (tertiary/aromatic N) is 2. The minimum atomic E-state index is -0.219. The highest BCUT2D eigenvalue weighted by atomic mass is 32.2. The molecule has 0 saturated carbocycles. The molecule has 0 unspecified atom stereocenters. The molecule has 0 spiro atoms. The van der Waals surface area contributed by atoms with E-state index in [1.807, 2.05) is 13.8 Å². The van der Waals surface area contributed by atoms with Gasteiger partial charge in [-0.05, 0) is 43.7 Å². The SMILES string of the molecule is COCCn1c(SCC(=O)Nc2ccc(NC(C)=O)cc2)nc2sc(C)c(C)c2c1=O. The molecule has 0 fully saturated rings. The van der Waals surface area contributed by atoms with Crippen LogP contribution in [-0.4, -0.2) is 40.8 Å². The van der Waals surface area contributed by atoms with Crippen LogP contribution >= 0.6 is 23.1 Å². The van der Waals surface area contributed by atoms with Crippen LogP contribution in [0.4, 0.5) is 11.4 Å². The summed E-state index contributed by atoms with van der Waals surface area (Å²) in [6.07, 6.45) is 0. The van der Waals surface area contributed by atoms with Crippen molar-refractivity contribution in [3.8, 4) is 0 Å². The zero-order valence-corrected chi connectivity index (χ0v) is 19.4. The van der Waals surface area contributed by atoms with E-state index in [0.717, 1.165) is 10.4 Å². The summed E-state index contributed by atoms with van der Waals surface area (Å²) in [4.78, 5) is 43.0. The minimum Gasteiger partial charge on any atom is -0.383 e. The lowest BCUT2D eigenvalue weighted by Crippen LogP contribution is -2.26. The maximum atomic E-state index is 13.1. The Morgan fingerprint density at radius 2 is 1.81 bits per heavy atom. The molecule has 0 radical (unpaired) electrons. The number of methoxy groups -OCH3 is 1. The maximum absolute atomic E-state index is 13.1. The number of hydrogen-bond acceptors (Lipinski definition) is 7. The third-order valence-electron chi connectivity index (χ3n) is 4.59. The molecule has 2 heterocycles. The topological polar surface area (TPSA) is 102 Å². The van der Waals surface area contributed by atoms with Crippen molar-refractivity contribution >= 4 is 56.5 Å². The van der Waals surface area contributed by atoms with E-state index in [9.17, 15) is 14.4 Å². The molecule has 0 saturated heterocycles. The van der Waals surface area contributed by atoms with E-state index in [4.69, 9.17) is 4.74 Å². The molecule has 2 N–H and O–H groups in total. The van der Waals surface area contributed by atoms with Gasteiger partial charge in [0.1, 0.15) is 4.83 Å². The fraction of sp³-hybridized carbons (Fsp3) is 0.333. The van der Waals surface area contributed by atoms with Gasteiger partial charge in [0, 0.05) is 30.3 Å². The van der Waals surface area contributed by atoms with Crippen LogP contribution in [-0.2, 0) is 20.9 Å². The van der Waals surface area contributed by atoms with E-state index in [1.54, 1.807) is 35.9 Å². The van der Waals surface area contributed by atoms with Gasteiger partial charge in [-0.1, -0.05) is 11.8 Å². The average Bonchev–Trinajstić information content (AvgIpc) is 3.00. The average molecular weight is 461 g/mol. The molecule has 8 nitrogen and oxygen atoms in total.